The van der Waals surface area contributed by atoms with Crippen molar-refractivity contribution in [3.63, 3.8) is 0 Å². The van der Waals surface area contributed by atoms with Crippen molar-refractivity contribution in [2.75, 3.05) is 30.8 Å². The van der Waals surface area contributed by atoms with Gasteiger partial charge in [0.05, 0.1) is 22.5 Å². The molecule has 4 N–H and O–H groups in total. The summed E-state index contributed by atoms with van der Waals surface area (Å²) >= 11 is 0.839. The van der Waals surface area contributed by atoms with Gasteiger partial charge in [0.25, 0.3) is 0 Å². The summed E-state index contributed by atoms with van der Waals surface area (Å²) in [7, 11) is -4.20. The summed E-state index contributed by atoms with van der Waals surface area (Å²) in [6.07, 6.45) is -4.51. The normalized spacial score (nSPS) is 14.3. The molecule has 1 unspecified atom stereocenters. The van der Waals surface area contributed by atoms with E-state index in [0.29, 0.717) is 10.3 Å². The molecule has 0 spiro atoms. The van der Waals surface area contributed by atoms with E-state index in [1.54, 1.807) is 0 Å². The molecule has 1 aliphatic carbocycles. The van der Waals surface area contributed by atoms with Crippen LogP contribution >= 0.6 is 11.3 Å². The fraction of sp³-hybridized carbons (Fsp3) is 0.385. The second-order valence-electron chi connectivity index (χ2n) is 9.63. The van der Waals surface area contributed by atoms with Crippen molar-refractivity contribution in [1.82, 2.24) is 15.6 Å². The van der Waals surface area contributed by atoms with Crippen LogP contribution in [0.1, 0.15) is 29.5 Å². The topological polar surface area (TPSA) is 164 Å². The van der Waals surface area contributed by atoms with Gasteiger partial charge in [-0.3, -0.25) is 14.9 Å². The van der Waals surface area contributed by atoms with Crippen LogP contribution in [-0.4, -0.2) is 74.1 Å². The third kappa shape index (κ3) is 8.84. The number of hydrogen-bond donors (Lipinski definition) is 4. The zero-order chi connectivity index (χ0) is 31.4. The highest BCUT2D eigenvalue weighted by molar-refractivity contribution is 7.92. The highest BCUT2D eigenvalue weighted by Gasteiger charge is 2.37. The van der Waals surface area contributed by atoms with Crippen molar-refractivity contribution < 1.29 is 50.2 Å². The van der Waals surface area contributed by atoms with Gasteiger partial charge in [0.1, 0.15) is 10.8 Å². The van der Waals surface area contributed by atoms with Crippen molar-refractivity contribution in [2.45, 2.75) is 36.7 Å². The maximum absolute atomic E-state index is 15.1. The first-order valence-corrected chi connectivity index (χ1v) is 15.4. The Morgan fingerprint density at radius 1 is 1.14 bits per heavy atom. The number of alkyl halides is 3. The van der Waals surface area contributed by atoms with E-state index in [0.717, 1.165) is 30.2 Å². The minimum atomic E-state index is -4.69. The molecule has 232 valence electrons. The van der Waals surface area contributed by atoms with Gasteiger partial charge < -0.3 is 20.5 Å². The lowest BCUT2D eigenvalue weighted by Crippen LogP contribution is -2.41. The number of carbonyl (C=O) groups is 3. The van der Waals surface area contributed by atoms with Gasteiger partial charge in [-0.1, -0.05) is 12.1 Å². The number of thiazole rings is 1. The molecule has 1 heterocycles. The molecule has 1 saturated carbocycles. The molecule has 4 rings (SSSR count). The van der Waals surface area contributed by atoms with Gasteiger partial charge in [-0.25, -0.2) is 22.6 Å². The number of hydrogen-bond acceptors (Lipinski definition) is 9. The maximum atomic E-state index is 15.1. The largest absolute Gasteiger partial charge is 0.440 e. The van der Waals surface area contributed by atoms with E-state index in [1.165, 1.54) is 30.3 Å². The Kier molecular flexibility index (Phi) is 9.86. The van der Waals surface area contributed by atoms with Crippen LogP contribution in [0.2, 0.25) is 0 Å². The fourth-order valence-electron chi connectivity index (χ4n) is 3.91. The Labute approximate surface area is 246 Å². The van der Waals surface area contributed by atoms with Crippen molar-refractivity contribution in [2.24, 2.45) is 0 Å². The molecule has 3 aromatic rings. The summed E-state index contributed by atoms with van der Waals surface area (Å²) in [5, 5.41) is 14.3. The summed E-state index contributed by atoms with van der Waals surface area (Å²) in [5.74, 6) is -2.73. The van der Waals surface area contributed by atoms with Crippen LogP contribution in [-0.2, 0) is 24.2 Å². The van der Waals surface area contributed by atoms with Gasteiger partial charge in [-0.05, 0) is 43.0 Å². The van der Waals surface area contributed by atoms with E-state index in [4.69, 9.17) is 5.11 Å². The van der Waals surface area contributed by atoms with E-state index >= 15 is 4.39 Å². The molecule has 0 radical (unpaired) electrons. The number of aliphatic hydroxyl groups excluding tert-OH is 1. The molecule has 43 heavy (non-hydrogen) atoms. The Morgan fingerprint density at radius 2 is 1.84 bits per heavy atom. The predicted molar refractivity (Wildman–Crippen MR) is 148 cm³/mol. The number of aliphatic hydroxyl groups is 1. The SMILES string of the molecule is O=C(CNC(=O)C(c1nc2cc(F)c(-c3ccc(NC(=O)OCC(F)(F)F)cc3)cc2s1)S(=O)(=O)CCCO)NC1CC1. The molecule has 1 atom stereocenters. The number of amides is 3. The highest BCUT2D eigenvalue weighted by atomic mass is 32.2. The van der Waals surface area contributed by atoms with Crippen LogP contribution in [0.3, 0.4) is 0 Å². The van der Waals surface area contributed by atoms with Gasteiger partial charge in [-0.2, -0.15) is 13.2 Å². The van der Waals surface area contributed by atoms with Crippen molar-refractivity contribution in [3.8, 4) is 11.1 Å². The number of fused-ring (bicyclic) bond motifs is 1. The minimum Gasteiger partial charge on any atom is -0.440 e. The first-order valence-electron chi connectivity index (χ1n) is 12.9. The molecule has 0 saturated heterocycles. The lowest BCUT2D eigenvalue weighted by atomic mass is 10.0. The molecule has 0 bridgehead atoms. The molecule has 17 heteroatoms. The quantitative estimate of drug-likeness (QED) is 0.218. The second-order valence-corrected chi connectivity index (χ2v) is 12.9. The van der Waals surface area contributed by atoms with E-state index in [-0.39, 0.29) is 34.2 Å². The summed E-state index contributed by atoms with van der Waals surface area (Å²) < 4.78 is 82.4. The molecule has 11 nitrogen and oxygen atoms in total. The van der Waals surface area contributed by atoms with Crippen molar-refractivity contribution >= 4 is 55.0 Å². The summed E-state index contributed by atoms with van der Waals surface area (Å²) in [6, 6.07) is 7.92. The van der Waals surface area contributed by atoms with Gasteiger partial charge in [-0.15, -0.1) is 11.3 Å². The second kappa shape index (κ2) is 13.2. The highest BCUT2D eigenvalue weighted by Crippen LogP contribution is 2.36. The molecule has 2 aromatic carbocycles. The van der Waals surface area contributed by atoms with E-state index < -0.39 is 70.5 Å². The number of carbonyl (C=O) groups excluding carboxylic acids is 3. The Bertz CT molecular complexity index is 1610. The molecule has 3 amide bonds. The van der Waals surface area contributed by atoms with Gasteiger partial charge in [0.2, 0.25) is 11.8 Å². The van der Waals surface area contributed by atoms with Crippen LogP contribution in [0.15, 0.2) is 36.4 Å². The average Bonchev–Trinajstić information content (AvgIpc) is 3.66. The van der Waals surface area contributed by atoms with Crippen LogP contribution in [0.4, 0.5) is 28.0 Å². The standard InChI is InChI=1S/C26H26F4N4O7S2/c27-18-11-19-20(10-17(18)14-2-4-16(5-3-14)33-25(38)41-13-26(28,29)30)42-24(34-19)22(43(39,40)9-1-8-35)23(37)31-12-21(36)32-15-6-7-15/h2-5,10-11,15,22,35H,1,6-9,12-13H2,(H,31,37)(H,32,36)(H,33,38). The zero-order valence-electron chi connectivity index (χ0n) is 22.2. The third-order valence-electron chi connectivity index (χ3n) is 6.08. The number of rotatable bonds is 12. The number of anilines is 1. The fourth-order valence-corrected chi connectivity index (χ4v) is 7.00. The monoisotopic (exact) mass is 646 g/mol. The number of aromatic nitrogens is 1. The Hall–Kier alpha value is -3.83. The van der Waals surface area contributed by atoms with Crippen molar-refractivity contribution in [1.29, 1.82) is 0 Å². The number of nitrogens with zero attached hydrogens (tertiary/aromatic N) is 1. The van der Waals surface area contributed by atoms with Crippen molar-refractivity contribution in [3.05, 3.63) is 47.2 Å². The summed E-state index contributed by atoms with van der Waals surface area (Å²) in [5.41, 5.74) is 0.545. The van der Waals surface area contributed by atoms with Crippen LogP contribution < -0.4 is 16.0 Å². The van der Waals surface area contributed by atoms with E-state index in [2.05, 4.69) is 25.7 Å². The average molecular weight is 647 g/mol. The Morgan fingerprint density at radius 3 is 2.47 bits per heavy atom. The lowest BCUT2D eigenvalue weighted by molar-refractivity contribution is -0.159. The zero-order valence-corrected chi connectivity index (χ0v) is 23.9. The number of ether oxygens (including phenoxy) is 1. The van der Waals surface area contributed by atoms with Gasteiger partial charge in [0.15, 0.2) is 21.7 Å². The maximum Gasteiger partial charge on any atom is 0.422 e. The van der Waals surface area contributed by atoms with Crippen LogP contribution in [0.25, 0.3) is 21.3 Å². The van der Waals surface area contributed by atoms with E-state index in [1.807, 2.05) is 0 Å². The van der Waals surface area contributed by atoms with Crippen LogP contribution in [0.5, 0.6) is 0 Å². The number of halogens is 4. The molecular formula is C26H26F4N4O7S2. The van der Waals surface area contributed by atoms with Gasteiger partial charge in [0, 0.05) is 30.0 Å². The summed E-state index contributed by atoms with van der Waals surface area (Å²) in [6.45, 7) is -2.65. The molecule has 1 aromatic heterocycles. The predicted octanol–water partition coefficient (Wildman–Crippen LogP) is 3.45. The minimum absolute atomic E-state index is 0.0362. The molecule has 1 fully saturated rings. The molecular weight excluding hydrogens is 620 g/mol. The third-order valence-corrected chi connectivity index (χ3v) is 9.32. The lowest BCUT2D eigenvalue weighted by Gasteiger charge is -2.15. The number of benzene rings is 2. The molecule has 1 aliphatic rings. The first-order chi connectivity index (χ1) is 20.3. The Balaban J connectivity index is 1.56. The van der Waals surface area contributed by atoms with Gasteiger partial charge >= 0.3 is 12.3 Å². The molecule has 0 aliphatic heterocycles. The number of sulfone groups is 1. The number of nitrogens with one attached hydrogen (secondary N) is 3. The smallest absolute Gasteiger partial charge is 0.422 e. The van der Waals surface area contributed by atoms with E-state index in [9.17, 15) is 36.0 Å². The first kappa shape index (κ1) is 32.1. The summed E-state index contributed by atoms with van der Waals surface area (Å²) in [4.78, 5) is 40.9. The van der Waals surface area contributed by atoms with Crippen LogP contribution in [0, 0.1) is 5.82 Å².